The van der Waals surface area contributed by atoms with Gasteiger partial charge in [0.2, 0.25) is 5.91 Å². The summed E-state index contributed by atoms with van der Waals surface area (Å²) in [5.41, 5.74) is 8.19. The molecule has 1 aromatic heterocycles. The third-order valence-corrected chi connectivity index (χ3v) is 4.71. The molecule has 1 heterocycles. The second kappa shape index (κ2) is 9.07. The Morgan fingerprint density at radius 3 is 2.42 bits per heavy atom. The summed E-state index contributed by atoms with van der Waals surface area (Å²) >= 11 is 6.68. The van der Waals surface area contributed by atoms with Crippen LogP contribution < -0.4 is 16.2 Å². The molecule has 0 unspecified atom stereocenters. The van der Waals surface area contributed by atoms with Crippen molar-refractivity contribution >= 4 is 34.6 Å². The van der Waals surface area contributed by atoms with Crippen molar-refractivity contribution in [2.24, 2.45) is 0 Å². The molecule has 5 nitrogen and oxygen atoms in total. The molecule has 0 fully saturated rings. The van der Waals surface area contributed by atoms with Gasteiger partial charge in [0.05, 0.1) is 12.1 Å². The van der Waals surface area contributed by atoms with E-state index in [0.717, 1.165) is 21.8 Å². The number of hydrazine groups is 1. The lowest BCUT2D eigenvalue weighted by Crippen LogP contribution is -2.47. The lowest BCUT2D eigenvalue weighted by molar-refractivity contribution is -0.121. The number of hydrogen-bond acceptors (Lipinski definition) is 4. The highest BCUT2D eigenvalue weighted by molar-refractivity contribution is 7.80. The second-order valence-electron chi connectivity index (χ2n) is 5.53. The van der Waals surface area contributed by atoms with Crippen molar-refractivity contribution in [3.05, 3.63) is 77.3 Å². The number of thiocarbonyl (C=S) groups is 1. The van der Waals surface area contributed by atoms with Gasteiger partial charge in [0.15, 0.2) is 5.11 Å². The second-order valence-corrected chi connectivity index (χ2v) is 6.79. The first-order valence-corrected chi connectivity index (χ1v) is 9.36. The maximum atomic E-state index is 12.0. The number of aromatic nitrogens is 1. The molecule has 0 atom stereocenters. The Labute approximate surface area is 161 Å². The smallest absolute Gasteiger partial charge is 0.244 e. The number of benzene rings is 2. The standard InChI is InChI=1S/C19H18N4OS2/c24-17(22-23-19(25)20-12-14-7-3-1-4-8-14)11-16-13-26-18(21-16)15-9-5-2-6-10-15/h1-10,13H,11-12H2,(H,22,24)(H2,20,23,25). The van der Waals surface area contributed by atoms with Crippen molar-refractivity contribution in [2.75, 3.05) is 0 Å². The normalized spacial score (nSPS) is 10.2. The van der Waals surface area contributed by atoms with Crippen LogP contribution in [0.15, 0.2) is 66.0 Å². The van der Waals surface area contributed by atoms with Crippen molar-refractivity contribution in [1.29, 1.82) is 0 Å². The molecule has 0 bridgehead atoms. The van der Waals surface area contributed by atoms with E-state index < -0.39 is 0 Å². The minimum atomic E-state index is -0.196. The van der Waals surface area contributed by atoms with Gasteiger partial charge < -0.3 is 5.32 Å². The summed E-state index contributed by atoms with van der Waals surface area (Å²) in [7, 11) is 0. The van der Waals surface area contributed by atoms with Gasteiger partial charge in [-0.2, -0.15) is 0 Å². The summed E-state index contributed by atoms with van der Waals surface area (Å²) in [5, 5.41) is 6.20. The first-order valence-electron chi connectivity index (χ1n) is 8.07. The Bertz CT molecular complexity index is 866. The van der Waals surface area contributed by atoms with Crippen LogP contribution in [0.1, 0.15) is 11.3 Å². The zero-order chi connectivity index (χ0) is 18.2. The third-order valence-electron chi connectivity index (χ3n) is 3.53. The van der Waals surface area contributed by atoms with E-state index in [4.69, 9.17) is 12.2 Å². The van der Waals surface area contributed by atoms with Crippen LogP contribution >= 0.6 is 23.6 Å². The molecule has 7 heteroatoms. The molecule has 2 aromatic carbocycles. The van der Waals surface area contributed by atoms with Crippen molar-refractivity contribution < 1.29 is 4.79 Å². The molecule has 0 saturated heterocycles. The average Bonchev–Trinajstić information content (AvgIpc) is 3.15. The third kappa shape index (κ3) is 5.37. The zero-order valence-corrected chi connectivity index (χ0v) is 15.6. The van der Waals surface area contributed by atoms with Crippen LogP contribution in [-0.2, 0) is 17.8 Å². The summed E-state index contributed by atoms with van der Waals surface area (Å²) in [6, 6.07) is 19.8. The van der Waals surface area contributed by atoms with Crippen molar-refractivity contribution in [2.45, 2.75) is 13.0 Å². The van der Waals surface area contributed by atoms with Gasteiger partial charge in [-0.3, -0.25) is 15.6 Å². The molecule has 0 aliphatic rings. The molecule has 3 aromatic rings. The Morgan fingerprint density at radius 2 is 1.69 bits per heavy atom. The quantitative estimate of drug-likeness (QED) is 0.468. The van der Waals surface area contributed by atoms with Crippen molar-refractivity contribution in [3.8, 4) is 10.6 Å². The van der Waals surface area contributed by atoms with Gasteiger partial charge in [-0.1, -0.05) is 60.7 Å². The van der Waals surface area contributed by atoms with Crippen LogP contribution in [-0.4, -0.2) is 16.0 Å². The summed E-state index contributed by atoms with van der Waals surface area (Å²) in [5.74, 6) is -0.196. The van der Waals surface area contributed by atoms with E-state index in [0.29, 0.717) is 11.7 Å². The Balaban J connectivity index is 1.43. The number of nitrogens with zero attached hydrogens (tertiary/aromatic N) is 1. The van der Waals surface area contributed by atoms with E-state index in [1.165, 1.54) is 11.3 Å². The van der Waals surface area contributed by atoms with Gasteiger partial charge in [-0.15, -0.1) is 11.3 Å². The maximum Gasteiger partial charge on any atom is 0.244 e. The van der Waals surface area contributed by atoms with Crippen LogP contribution in [0.25, 0.3) is 10.6 Å². The fourth-order valence-corrected chi connectivity index (χ4v) is 3.21. The highest BCUT2D eigenvalue weighted by Crippen LogP contribution is 2.23. The van der Waals surface area contributed by atoms with Crippen LogP contribution in [0.2, 0.25) is 0 Å². The predicted octanol–water partition coefficient (Wildman–Crippen LogP) is 3.05. The fraction of sp³-hybridized carbons (Fsp3) is 0.105. The monoisotopic (exact) mass is 382 g/mol. The summed E-state index contributed by atoms with van der Waals surface area (Å²) in [6.07, 6.45) is 0.192. The average molecular weight is 383 g/mol. The summed E-state index contributed by atoms with van der Waals surface area (Å²) in [6.45, 7) is 0.592. The molecule has 0 saturated carbocycles. The molecule has 1 amide bonds. The molecule has 0 aliphatic heterocycles. The molecule has 132 valence electrons. The number of carbonyl (C=O) groups excluding carboxylic acids is 1. The lowest BCUT2D eigenvalue weighted by Gasteiger charge is -2.11. The number of nitrogens with one attached hydrogen (secondary N) is 3. The van der Waals surface area contributed by atoms with Crippen LogP contribution in [0.5, 0.6) is 0 Å². The van der Waals surface area contributed by atoms with Gasteiger partial charge in [0.1, 0.15) is 5.01 Å². The molecule has 26 heavy (non-hydrogen) atoms. The zero-order valence-electron chi connectivity index (χ0n) is 13.9. The maximum absolute atomic E-state index is 12.0. The van der Waals surface area contributed by atoms with Gasteiger partial charge >= 0.3 is 0 Å². The van der Waals surface area contributed by atoms with Crippen LogP contribution in [0.4, 0.5) is 0 Å². The summed E-state index contributed by atoms with van der Waals surface area (Å²) in [4.78, 5) is 16.5. The SMILES string of the molecule is O=C(Cc1csc(-c2ccccc2)n1)NNC(=S)NCc1ccccc1. The van der Waals surface area contributed by atoms with E-state index in [-0.39, 0.29) is 12.3 Å². The van der Waals surface area contributed by atoms with E-state index in [1.807, 2.05) is 66.0 Å². The topological polar surface area (TPSA) is 66.0 Å². The lowest BCUT2D eigenvalue weighted by atomic mass is 10.2. The van der Waals surface area contributed by atoms with Gasteiger partial charge in [0.25, 0.3) is 0 Å². The predicted molar refractivity (Wildman–Crippen MR) is 108 cm³/mol. The molecule has 0 spiro atoms. The molecule has 0 aliphatic carbocycles. The van der Waals surface area contributed by atoms with E-state index >= 15 is 0 Å². The van der Waals surface area contributed by atoms with Crippen LogP contribution in [0, 0.1) is 0 Å². The molecule has 3 rings (SSSR count). The highest BCUT2D eigenvalue weighted by Gasteiger charge is 2.09. The van der Waals surface area contributed by atoms with Crippen LogP contribution in [0.3, 0.4) is 0 Å². The highest BCUT2D eigenvalue weighted by atomic mass is 32.1. The number of rotatable bonds is 5. The molecule has 3 N–H and O–H groups in total. The van der Waals surface area contributed by atoms with E-state index in [1.54, 1.807) is 0 Å². The number of amides is 1. The fourth-order valence-electron chi connectivity index (χ4n) is 2.26. The summed E-state index contributed by atoms with van der Waals surface area (Å²) < 4.78 is 0. The molecular formula is C19H18N4OS2. The van der Waals surface area contributed by atoms with Crippen molar-refractivity contribution in [1.82, 2.24) is 21.2 Å². The Hall–Kier alpha value is -2.77. The van der Waals surface area contributed by atoms with Gasteiger partial charge in [-0.05, 0) is 17.8 Å². The minimum Gasteiger partial charge on any atom is -0.357 e. The number of thiazole rings is 1. The largest absolute Gasteiger partial charge is 0.357 e. The van der Waals surface area contributed by atoms with E-state index in [9.17, 15) is 4.79 Å². The number of hydrogen-bond donors (Lipinski definition) is 3. The first-order chi connectivity index (χ1) is 12.7. The first kappa shape index (κ1) is 18.0. The molecule has 0 radical (unpaired) electrons. The van der Waals surface area contributed by atoms with E-state index in [2.05, 4.69) is 21.2 Å². The van der Waals surface area contributed by atoms with Crippen molar-refractivity contribution in [3.63, 3.8) is 0 Å². The molecular weight excluding hydrogens is 364 g/mol. The van der Waals surface area contributed by atoms with Gasteiger partial charge in [-0.25, -0.2) is 4.98 Å². The minimum absolute atomic E-state index is 0.192. The van der Waals surface area contributed by atoms with Gasteiger partial charge in [0, 0.05) is 17.5 Å². The number of carbonyl (C=O) groups is 1. The Morgan fingerprint density at radius 1 is 1.00 bits per heavy atom. The Kier molecular flexibility index (Phi) is 6.29.